The number of likely N-dealkylation sites (tertiary alicyclic amines) is 2. The van der Waals surface area contributed by atoms with E-state index in [1.54, 1.807) is 0 Å². The van der Waals surface area contributed by atoms with Gasteiger partial charge < -0.3 is 15.3 Å². The van der Waals surface area contributed by atoms with Crippen molar-refractivity contribution in [2.75, 3.05) is 33.3 Å². The lowest BCUT2D eigenvalue weighted by Gasteiger charge is -2.29. The number of carbonyl (C=O) groups excluding carboxylic acids is 1. The van der Waals surface area contributed by atoms with Gasteiger partial charge in [-0.2, -0.15) is 0 Å². The third-order valence-corrected chi connectivity index (χ3v) is 5.65. The molecule has 2 saturated heterocycles. The van der Waals surface area contributed by atoms with Crippen molar-refractivity contribution in [2.24, 2.45) is 5.92 Å². The van der Waals surface area contributed by atoms with E-state index >= 15 is 0 Å². The second-order valence-electron chi connectivity index (χ2n) is 7.54. The van der Waals surface area contributed by atoms with Crippen molar-refractivity contribution < 1.29 is 9.90 Å². The van der Waals surface area contributed by atoms with Crippen LogP contribution in [-0.2, 0) is 17.9 Å². The Labute approximate surface area is 151 Å². The summed E-state index contributed by atoms with van der Waals surface area (Å²) < 4.78 is 0. The van der Waals surface area contributed by atoms with Gasteiger partial charge in [-0.3, -0.25) is 9.69 Å². The molecular formula is C20H31N3O2. The number of hydrogen-bond acceptors (Lipinski definition) is 4. The van der Waals surface area contributed by atoms with Crippen LogP contribution in [0, 0.1) is 5.92 Å². The summed E-state index contributed by atoms with van der Waals surface area (Å²) in [6.45, 7) is 4.67. The third kappa shape index (κ3) is 4.81. The highest BCUT2D eigenvalue weighted by Crippen LogP contribution is 2.21. The SMILES string of the molecule is CN1CCC[C@H](C(=O)NCc2ccccc2CN2CCC[C@@H]2CO)C1. The molecule has 0 aromatic heterocycles. The second kappa shape index (κ2) is 8.79. The molecular weight excluding hydrogens is 314 g/mol. The minimum atomic E-state index is 0.114. The van der Waals surface area contributed by atoms with Gasteiger partial charge in [0.15, 0.2) is 0 Å². The Bertz CT molecular complexity index is 578. The van der Waals surface area contributed by atoms with Gasteiger partial charge in [-0.1, -0.05) is 24.3 Å². The number of nitrogens with one attached hydrogen (secondary N) is 1. The van der Waals surface area contributed by atoms with Crippen LogP contribution in [0.4, 0.5) is 0 Å². The number of amides is 1. The first kappa shape index (κ1) is 18.4. The third-order valence-electron chi connectivity index (χ3n) is 5.65. The maximum atomic E-state index is 12.5. The normalized spacial score (nSPS) is 25.2. The lowest BCUT2D eigenvalue weighted by molar-refractivity contribution is -0.126. The van der Waals surface area contributed by atoms with E-state index in [4.69, 9.17) is 0 Å². The van der Waals surface area contributed by atoms with Crippen LogP contribution in [-0.4, -0.2) is 60.1 Å². The minimum Gasteiger partial charge on any atom is -0.395 e. The van der Waals surface area contributed by atoms with Gasteiger partial charge in [-0.15, -0.1) is 0 Å². The summed E-state index contributed by atoms with van der Waals surface area (Å²) in [5.41, 5.74) is 2.44. The molecule has 2 atom stereocenters. The fraction of sp³-hybridized carbons (Fsp3) is 0.650. The molecule has 1 aromatic carbocycles. The quantitative estimate of drug-likeness (QED) is 0.822. The van der Waals surface area contributed by atoms with Gasteiger partial charge in [0, 0.05) is 25.7 Å². The predicted molar refractivity (Wildman–Crippen MR) is 99.0 cm³/mol. The number of hydrogen-bond donors (Lipinski definition) is 2. The summed E-state index contributed by atoms with van der Waals surface area (Å²) in [6, 6.07) is 8.61. The van der Waals surface area contributed by atoms with Crippen LogP contribution in [0.1, 0.15) is 36.8 Å². The molecule has 138 valence electrons. The first-order chi connectivity index (χ1) is 12.2. The Morgan fingerprint density at radius 3 is 2.72 bits per heavy atom. The average Bonchev–Trinajstić information content (AvgIpc) is 3.08. The fourth-order valence-electron chi connectivity index (χ4n) is 4.12. The molecule has 1 aromatic rings. The molecule has 5 nitrogen and oxygen atoms in total. The highest BCUT2D eigenvalue weighted by atomic mass is 16.3. The standard InChI is InChI=1S/C20H31N3O2/c1-22-10-4-8-18(13-22)20(25)21-12-16-6-2-3-7-17(16)14-23-11-5-9-19(23)15-24/h2-3,6-7,18-19,24H,4-5,8-15H2,1H3,(H,21,25)/t18-,19+/m0/s1. The second-order valence-corrected chi connectivity index (χ2v) is 7.54. The Balaban J connectivity index is 1.58. The van der Waals surface area contributed by atoms with E-state index in [-0.39, 0.29) is 24.5 Å². The molecule has 0 radical (unpaired) electrons. The van der Waals surface area contributed by atoms with Crippen LogP contribution >= 0.6 is 0 Å². The van der Waals surface area contributed by atoms with Crippen LogP contribution in [0.5, 0.6) is 0 Å². The Morgan fingerprint density at radius 2 is 1.96 bits per heavy atom. The molecule has 0 unspecified atom stereocenters. The van der Waals surface area contributed by atoms with Crippen LogP contribution < -0.4 is 5.32 Å². The molecule has 2 aliphatic heterocycles. The maximum Gasteiger partial charge on any atom is 0.224 e. The van der Waals surface area contributed by atoms with Crippen molar-refractivity contribution in [3.8, 4) is 0 Å². The van der Waals surface area contributed by atoms with Crippen molar-refractivity contribution in [1.82, 2.24) is 15.1 Å². The van der Waals surface area contributed by atoms with E-state index < -0.39 is 0 Å². The van der Waals surface area contributed by atoms with Crippen LogP contribution in [0.15, 0.2) is 24.3 Å². The number of nitrogens with zero attached hydrogens (tertiary/aromatic N) is 2. The Kier molecular flexibility index (Phi) is 6.45. The van der Waals surface area contributed by atoms with Crippen molar-refractivity contribution >= 4 is 5.91 Å². The lowest BCUT2D eigenvalue weighted by atomic mass is 9.97. The highest BCUT2D eigenvalue weighted by molar-refractivity contribution is 5.79. The van der Waals surface area contributed by atoms with Gasteiger partial charge in [-0.05, 0) is 56.9 Å². The van der Waals surface area contributed by atoms with E-state index in [1.165, 1.54) is 11.1 Å². The largest absolute Gasteiger partial charge is 0.395 e. The summed E-state index contributed by atoms with van der Waals surface area (Å²) in [4.78, 5) is 17.1. The molecule has 5 heteroatoms. The molecule has 25 heavy (non-hydrogen) atoms. The van der Waals surface area contributed by atoms with E-state index in [9.17, 15) is 9.90 Å². The van der Waals surface area contributed by atoms with Crippen LogP contribution in [0.3, 0.4) is 0 Å². The number of rotatable bonds is 6. The first-order valence-electron chi connectivity index (χ1n) is 9.55. The fourth-order valence-corrected chi connectivity index (χ4v) is 4.12. The van der Waals surface area contributed by atoms with Crippen molar-refractivity contribution in [2.45, 2.75) is 44.8 Å². The van der Waals surface area contributed by atoms with Gasteiger partial charge in [0.05, 0.1) is 12.5 Å². The molecule has 2 heterocycles. The zero-order valence-corrected chi connectivity index (χ0v) is 15.3. The zero-order valence-electron chi connectivity index (χ0n) is 15.3. The average molecular weight is 345 g/mol. The molecule has 2 fully saturated rings. The minimum absolute atomic E-state index is 0.114. The summed E-state index contributed by atoms with van der Waals surface area (Å²) in [5, 5.41) is 12.7. The Morgan fingerprint density at radius 1 is 1.20 bits per heavy atom. The van der Waals surface area contributed by atoms with Crippen LogP contribution in [0.25, 0.3) is 0 Å². The van der Waals surface area contributed by atoms with Gasteiger partial charge >= 0.3 is 0 Å². The van der Waals surface area contributed by atoms with E-state index in [0.717, 1.165) is 51.9 Å². The molecule has 0 aliphatic carbocycles. The lowest BCUT2D eigenvalue weighted by Crippen LogP contribution is -2.41. The smallest absolute Gasteiger partial charge is 0.224 e. The highest BCUT2D eigenvalue weighted by Gasteiger charge is 2.25. The monoisotopic (exact) mass is 345 g/mol. The number of piperidine rings is 1. The summed E-state index contributed by atoms with van der Waals surface area (Å²) in [7, 11) is 2.09. The topological polar surface area (TPSA) is 55.8 Å². The summed E-state index contributed by atoms with van der Waals surface area (Å²) >= 11 is 0. The molecule has 0 saturated carbocycles. The summed E-state index contributed by atoms with van der Waals surface area (Å²) in [6.07, 6.45) is 4.32. The van der Waals surface area contributed by atoms with Gasteiger partial charge in [0.1, 0.15) is 0 Å². The number of aliphatic hydroxyl groups is 1. The predicted octanol–water partition coefficient (Wildman–Crippen LogP) is 1.60. The van der Waals surface area contributed by atoms with Gasteiger partial charge in [0.2, 0.25) is 5.91 Å². The summed E-state index contributed by atoms with van der Waals surface area (Å²) in [5.74, 6) is 0.291. The molecule has 2 aliphatic rings. The van der Waals surface area contributed by atoms with Crippen molar-refractivity contribution in [3.05, 3.63) is 35.4 Å². The van der Waals surface area contributed by atoms with E-state index in [2.05, 4.69) is 40.4 Å². The van der Waals surface area contributed by atoms with Gasteiger partial charge in [-0.25, -0.2) is 0 Å². The number of aliphatic hydroxyl groups excluding tert-OH is 1. The van der Waals surface area contributed by atoms with E-state index in [0.29, 0.717) is 6.54 Å². The maximum absolute atomic E-state index is 12.5. The first-order valence-corrected chi connectivity index (χ1v) is 9.55. The molecule has 2 N–H and O–H groups in total. The molecule has 0 bridgehead atoms. The number of benzene rings is 1. The zero-order chi connectivity index (χ0) is 17.6. The molecule has 1 amide bonds. The molecule has 0 spiro atoms. The van der Waals surface area contributed by atoms with Crippen molar-refractivity contribution in [3.63, 3.8) is 0 Å². The molecule has 3 rings (SSSR count). The van der Waals surface area contributed by atoms with Crippen LogP contribution in [0.2, 0.25) is 0 Å². The number of carbonyl (C=O) groups is 1. The Hall–Kier alpha value is -1.43. The van der Waals surface area contributed by atoms with Crippen molar-refractivity contribution in [1.29, 1.82) is 0 Å². The van der Waals surface area contributed by atoms with Gasteiger partial charge in [0.25, 0.3) is 0 Å². The van der Waals surface area contributed by atoms with E-state index in [1.807, 2.05) is 6.07 Å².